The minimum atomic E-state index is 0.381. The molecule has 0 bridgehead atoms. The molecule has 1 heterocycles. The maximum Gasteiger partial charge on any atom is 0.201 e. The van der Waals surface area contributed by atoms with Crippen LogP contribution in [0.4, 0.5) is 5.95 Å². The number of thioether (sulfide) groups is 1. The Morgan fingerprint density at radius 3 is 2.94 bits per heavy atom. The molecule has 0 amide bonds. The molecule has 2 rings (SSSR count). The number of para-hydroxylation sites is 1. The van der Waals surface area contributed by atoms with E-state index in [0.29, 0.717) is 12.0 Å². The summed E-state index contributed by atoms with van der Waals surface area (Å²) in [5.41, 5.74) is 9.44. The summed E-state index contributed by atoms with van der Waals surface area (Å²) in [5, 5.41) is 0. The van der Waals surface area contributed by atoms with E-state index in [4.69, 9.17) is 5.73 Å². The second kappa shape index (κ2) is 5.00. The third-order valence-electron chi connectivity index (χ3n) is 2.94. The Balaban J connectivity index is 2.48. The highest BCUT2D eigenvalue weighted by Crippen LogP contribution is 2.27. The number of nitrogen functional groups attached to an aromatic ring is 1. The van der Waals surface area contributed by atoms with Gasteiger partial charge in [-0.05, 0) is 31.2 Å². The molecule has 0 aliphatic carbocycles. The normalized spacial score (nSPS) is 13.1. The van der Waals surface area contributed by atoms with Crippen LogP contribution in [0.25, 0.3) is 11.0 Å². The van der Waals surface area contributed by atoms with Crippen molar-refractivity contribution in [1.82, 2.24) is 9.55 Å². The predicted molar refractivity (Wildman–Crippen MR) is 76.6 cm³/mol. The second-order valence-electron chi connectivity index (χ2n) is 4.29. The highest BCUT2D eigenvalue weighted by atomic mass is 32.2. The first-order valence-electron chi connectivity index (χ1n) is 5.96. The van der Waals surface area contributed by atoms with Gasteiger partial charge in [-0.1, -0.05) is 19.1 Å². The van der Waals surface area contributed by atoms with Crippen LogP contribution in [-0.4, -0.2) is 21.1 Å². The van der Waals surface area contributed by atoms with E-state index in [-0.39, 0.29) is 0 Å². The topological polar surface area (TPSA) is 43.8 Å². The van der Waals surface area contributed by atoms with Crippen molar-refractivity contribution in [1.29, 1.82) is 0 Å². The van der Waals surface area contributed by atoms with Gasteiger partial charge in [0.25, 0.3) is 0 Å². The van der Waals surface area contributed by atoms with Gasteiger partial charge < -0.3 is 10.3 Å². The SMILES string of the molecule is CCSCC(C)n1c(N)nc2cccc(C)c21. The quantitative estimate of drug-likeness (QED) is 0.904. The van der Waals surface area contributed by atoms with Crippen molar-refractivity contribution in [3.05, 3.63) is 23.8 Å². The fourth-order valence-electron chi connectivity index (χ4n) is 2.15. The summed E-state index contributed by atoms with van der Waals surface area (Å²) in [4.78, 5) is 4.43. The van der Waals surface area contributed by atoms with Crippen LogP contribution in [0.2, 0.25) is 0 Å². The van der Waals surface area contributed by atoms with Crippen LogP contribution in [0, 0.1) is 6.92 Å². The number of nitrogens with two attached hydrogens (primary N) is 1. The molecule has 0 saturated carbocycles. The number of imidazole rings is 1. The number of aromatic nitrogens is 2. The minimum Gasteiger partial charge on any atom is -0.369 e. The van der Waals surface area contributed by atoms with E-state index in [2.05, 4.69) is 36.4 Å². The highest BCUT2D eigenvalue weighted by molar-refractivity contribution is 7.99. The van der Waals surface area contributed by atoms with Gasteiger partial charge in [-0.15, -0.1) is 0 Å². The molecule has 1 unspecified atom stereocenters. The lowest BCUT2D eigenvalue weighted by Gasteiger charge is -2.16. The number of fused-ring (bicyclic) bond motifs is 1. The largest absolute Gasteiger partial charge is 0.369 e. The molecule has 0 fully saturated rings. The molecule has 1 aromatic carbocycles. The monoisotopic (exact) mass is 249 g/mol. The number of benzene rings is 1. The minimum absolute atomic E-state index is 0.381. The number of aryl methyl sites for hydroxylation is 1. The lowest BCUT2D eigenvalue weighted by Crippen LogP contribution is -2.11. The maximum atomic E-state index is 6.04. The van der Waals surface area contributed by atoms with E-state index in [1.54, 1.807) is 0 Å². The van der Waals surface area contributed by atoms with Crippen LogP contribution in [0.1, 0.15) is 25.5 Å². The Labute approximate surface area is 106 Å². The molecular formula is C13H19N3S. The number of anilines is 1. The van der Waals surface area contributed by atoms with Gasteiger partial charge in [0.1, 0.15) is 0 Å². The van der Waals surface area contributed by atoms with E-state index in [0.717, 1.165) is 17.0 Å². The molecule has 1 atom stereocenters. The Morgan fingerprint density at radius 2 is 2.24 bits per heavy atom. The van der Waals surface area contributed by atoms with Crippen molar-refractivity contribution < 1.29 is 0 Å². The van der Waals surface area contributed by atoms with Crippen LogP contribution in [0.5, 0.6) is 0 Å². The van der Waals surface area contributed by atoms with Crippen molar-refractivity contribution in [3.8, 4) is 0 Å². The van der Waals surface area contributed by atoms with Gasteiger partial charge >= 0.3 is 0 Å². The van der Waals surface area contributed by atoms with Gasteiger partial charge in [0.05, 0.1) is 11.0 Å². The standard InChI is InChI=1S/C13H19N3S/c1-4-17-8-10(3)16-12-9(2)6-5-7-11(12)15-13(16)14/h5-7,10H,4,8H2,1-3H3,(H2,14,15). The summed E-state index contributed by atoms with van der Waals surface area (Å²) >= 11 is 1.93. The van der Waals surface area contributed by atoms with Crippen LogP contribution in [-0.2, 0) is 0 Å². The van der Waals surface area contributed by atoms with Crippen molar-refractivity contribution >= 4 is 28.7 Å². The number of hydrogen-bond acceptors (Lipinski definition) is 3. The zero-order valence-electron chi connectivity index (χ0n) is 10.6. The molecular weight excluding hydrogens is 230 g/mol. The predicted octanol–water partition coefficient (Wildman–Crippen LogP) is 3.24. The smallest absolute Gasteiger partial charge is 0.201 e. The van der Waals surface area contributed by atoms with Crippen molar-refractivity contribution in [2.75, 3.05) is 17.2 Å². The first-order valence-corrected chi connectivity index (χ1v) is 7.11. The van der Waals surface area contributed by atoms with Gasteiger partial charge in [-0.3, -0.25) is 0 Å². The molecule has 0 aliphatic heterocycles. The average Bonchev–Trinajstić information content (AvgIpc) is 2.64. The Morgan fingerprint density at radius 1 is 1.47 bits per heavy atom. The third-order valence-corrected chi connectivity index (χ3v) is 4.07. The van der Waals surface area contributed by atoms with E-state index >= 15 is 0 Å². The molecule has 2 N–H and O–H groups in total. The molecule has 0 spiro atoms. The van der Waals surface area contributed by atoms with Crippen LogP contribution >= 0.6 is 11.8 Å². The number of rotatable bonds is 4. The van der Waals surface area contributed by atoms with E-state index < -0.39 is 0 Å². The van der Waals surface area contributed by atoms with E-state index in [1.165, 1.54) is 11.1 Å². The molecule has 0 saturated heterocycles. The first kappa shape index (κ1) is 12.3. The Bertz CT molecular complexity index is 519. The molecule has 17 heavy (non-hydrogen) atoms. The molecule has 0 radical (unpaired) electrons. The van der Waals surface area contributed by atoms with Crippen LogP contribution in [0.3, 0.4) is 0 Å². The summed E-state index contributed by atoms with van der Waals surface area (Å²) in [6.45, 7) is 6.49. The lowest BCUT2D eigenvalue weighted by atomic mass is 10.2. The summed E-state index contributed by atoms with van der Waals surface area (Å²) in [6.07, 6.45) is 0. The molecule has 2 aromatic rings. The first-order chi connectivity index (χ1) is 8.15. The van der Waals surface area contributed by atoms with E-state index in [1.807, 2.05) is 23.9 Å². The zero-order valence-corrected chi connectivity index (χ0v) is 11.4. The summed E-state index contributed by atoms with van der Waals surface area (Å²) in [6, 6.07) is 6.54. The fourth-order valence-corrected chi connectivity index (χ4v) is 2.87. The highest BCUT2D eigenvalue weighted by Gasteiger charge is 2.14. The molecule has 4 heteroatoms. The van der Waals surface area contributed by atoms with Crippen LogP contribution in [0.15, 0.2) is 18.2 Å². The summed E-state index contributed by atoms with van der Waals surface area (Å²) in [7, 11) is 0. The maximum absolute atomic E-state index is 6.04. The van der Waals surface area contributed by atoms with E-state index in [9.17, 15) is 0 Å². The molecule has 3 nitrogen and oxygen atoms in total. The van der Waals surface area contributed by atoms with Gasteiger partial charge in [0, 0.05) is 11.8 Å². The van der Waals surface area contributed by atoms with Gasteiger partial charge in [-0.25, -0.2) is 4.98 Å². The Kier molecular flexibility index (Phi) is 3.62. The van der Waals surface area contributed by atoms with Gasteiger partial charge in [0.15, 0.2) is 0 Å². The zero-order chi connectivity index (χ0) is 12.4. The molecule has 0 aliphatic rings. The Hall–Kier alpha value is -1.16. The average molecular weight is 249 g/mol. The number of nitrogens with zero attached hydrogens (tertiary/aromatic N) is 2. The molecule has 1 aromatic heterocycles. The lowest BCUT2D eigenvalue weighted by molar-refractivity contribution is 0.636. The summed E-state index contributed by atoms with van der Waals surface area (Å²) < 4.78 is 2.16. The number of hydrogen-bond donors (Lipinski definition) is 1. The van der Waals surface area contributed by atoms with Crippen molar-refractivity contribution in [2.45, 2.75) is 26.8 Å². The third kappa shape index (κ3) is 2.27. The fraction of sp³-hybridized carbons (Fsp3) is 0.462. The molecule has 92 valence electrons. The van der Waals surface area contributed by atoms with Gasteiger partial charge in [0.2, 0.25) is 5.95 Å². The summed E-state index contributed by atoms with van der Waals surface area (Å²) in [5.74, 6) is 2.83. The van der Waals surface area contributed by atoms with Crippen molar-refractivity contribution in [3.63, 3.8) is 0 Å². The second-order valence-corrected chi connectivity index (χ2v) is 5.61. The van der Waals surface area contributed by atoms with Crippen molar-refractivity contribution in [2.24, 2.45) is 0 Å². The van der Waals surface area contributed by atoms with Crippen LogP contribution < -0.4 is 5.73 Å². The van der Waals surface area contributed by atoms with Gasteiger partial charge in [-0.2, -0.15) is 11.8 Å².